The third kappa shape index (κ3) is 3.67. The minimum Gasteiger partial charge on any atom is -0.480 e. The zero-order chi connectivity index (χ0) is 16.4. The van der Waals surface area contributed by atoms with Crippen LogP contribution in [0.4, 0.5) is 39.5 Å². The normalized spacial score (nSPS) is 14.4. The molecule has 120 valence electrons. The summed E-state index contributed by atoms with van der Waals surface area (Å²) in [5, 5.41) is 8.01. The van der Waals surface area contributed by atoms with Crippen molar-refractivity contribution in [1.82, 2.24) is 0 Å². The van der Waals surface area contributed by atoms with Crippen LogP contribution >= 0.6 is 0 Å². The van der Waals surface area contributed by atoms with Gasteiger partial charge in [-0.15, -0.1) is 0 Å². The van der Waals surface area contributed by atoms with Crippen LogP contribution in [0, 0.1) is 0 Å². The number of ether oxygens (including phenoxy) is 1. The van der Waals surface area contributed by atoms with Gasteiger partial charge in [0.25, 0.3) is 0 Å². The number of carbonyl (C=O) groups is 1. The molecule has 0 aromatic carbocycles. The second kappa shape index (κ2) is 5.66. The number of aliphatic carboxylic acids is 1. The highest BCUT2D eigenvalue weighted by Crippen LogP contribution is 2.53. The molecule has 0 amide bonds. The largest absolute Gasteiger partial charge is 0.480 e. The van der Waals surface area contributed by atoms with E-state index >= 15 is 0 Å². The number of hydrogen-bond acceptors (Lipinski definition) is 2. The molecule has 0 aliphatic rings. The fraction of sp³-hybridized carbons (Fsp3) is 0.875. The fourth-order valence-corrected chi connectivity index (χ4v) is 0.925. The molecule has 0 saturated heterocycles. The summed E-state index contributed by atoms with van der Waals surface area (Å²) in [6.07, 6.45) is -9.08. The summed E-state index contributed by atoms with van der Waals surface area (Å²) in [7, 11) is 0. The van der Waals surface area contributed by atoms with Crippen molar-refractivity contribution in [3.63, 3.8) is 0 Å². The lowest BCUT2D eigenvalue weighted by atomic mass is 10.0. The van der Waals surface area contributed by atoms with Crippen LogP contribution in [0.15, 0.2) is 0 Å². The fourth-order valence-electron chi connectivity index (χ4n) is 0.925. The van der Waals surface area contributed by atoms with E-state index in [9.17, 15) is 44.3 Å². The highest BCUT2D eigenvalue weighted by Gasteiger charge is 2.81. The summed E-state index contributed by atoms with van der Waals surface area (Å²) in [6, 6.07) is 0. The second-order valence-electron chi connectivity index (χ2n) is 3.55. The Morgan fingerprint density at radius 1 is 0.900 bits per heavy atom. The Labute approximate surface area is 105 Å². The smallest absolute Gasteiger partial charge is 0.460 e. The molecule has 0 aromatic rings. The van der Waals surface area contributed by atoms with Crippen LogP contribution < -0.4 is 0 Å². The number of alkyl halides is 9. The Morgan fingerprint density at radius 2 is 1.35 bits per heavy atom. The van der Waals surface area contributed by atoms with Crippen LogP contribution in [0.2, 0.25) is 0 Å². The molecule has 0 aromatic heterocycles. The molecule has 12 heteroatoms. The maximum Gasteiger partial charge on any atom is 0.460 e. The van der Waals surface area contributed by atoms with Crippen LogP contribution in [-0.2, 0) is 9.53 Å². The van der Waals surface area contributed by atoms with Gasteiger partial charge in [-0.1, -0.05) is 0 Å². The number of halogens is 9. The Balaban J connectivity index is 4.93. The van der Waals surface area contributed by atoms with Crippen molar-refractivity contribution in [2.24, 2.45) is 0 Å². The molecule has 0 radical (unpaired) electrons. The predicted octanol–water partition coefficient (Wildman–Crippen LogP) is 2.95. The third-order valence-electron chi connectivity index (χ3n) is 2.00. The lowest BCUT2D eigenvalue weighted by molar-refractivity contribution is -0.397. The second-order valence-corrected chi connectivity index (χ2v) is 3.55. The van der Waals surface area contributed by atoms with E-state index in [1.54, 1.807) is 0 Å². The summed E-state index contributed by atoms with van der Waals surface area (Å²) >= 11 is 0. The molecule has 0 rings (SSSR count). The maximum atomic E-state index is 12.8. The van der Waals surface area contributed by atoms with Gasteiger partial charge >= 0.3 is 29.9 Å². The molecule has 0 unspecified atom stereocenters. The van der Waals surface area contributed by atoms with Gasteiger partial charge in [0, 0.05) is 6.42 Å². The molecule has 0 saturated carbocycles. The standard InChI is InChI=1S/C8H7F9O3/c9-5(10,1-2-20-3-4(18)19)6(11,12)7(13,14)8(15,16)17/h1-3H2,(H,18,19). The Hall–Kier alpha value is -1.20. The lowest BCUT2D eigenvalue weighted by Crippen LogP contribution is -2.61. The van der Waals surface area contributed by atoms with Gasteiger partial charge < -0.3 is 9.84 Å². The third-order valence-corrected chi connectivity index (χ3v) is 2.00. The summed E-state index contributed by atoms with van der Waals surface area (Å²) in [5.41, 5.74) is 0. The SMILES string of the molecule is O=C(O)COCCC(F)(F)C(F)(F)C(F)(F)C(F)(F)F. The van der Waals surface area contributed by atoms with Crippen LogP contribution in [0.5, 0.6) is 0 Å². The molecule has 20 heavy (non-hydrogen) atoms. The molecule has 3 nitrogen and oxygen atoms in total. The average Bonchev–Trinajstić information content (AvgIpc) is 2.22. The van der Waals surface area contributed by atoms with Gasteiger partial charge in [-0.25, -0.2) is 4.79 Å². The Bertz CT molecular complexity index is 350. The minimum absolute atomic E-state index is 1.20. The first kappa shape index (κ1) is 18.8. The zero-order valence-corrected chi connectivity index (χ0v) is 9.29. The molecule has 0 heterocycles. The number of rotatable bonds is 7. The topological polar surface area (TPSA) is 46.5 Å². The quantitative estimate of drug-likeness (QED) is 0.579. The molecule has 0 atom stereocenters. The minimum atomic E-state index is -6.95. The van der Waals surface area contributed by atoms with E-state index in [1.165, 1.54) is 0 Å². The summed E-state index contributed by atoms with van der Waals surface area (Å²) < 4.78 is 115. The van der Waals surface area contributed by atoms with E-state index in [0.717, 1.165) is 0 Å². The average molecular weight is 322 g/mol. The monoisotopic (exact) mass is 322 g/mol. The maximum absolute atomic E-state index is 12.8. The molecule has 0 fully saturated rings. The van der Waals surface area contributed by atoms with Gasteiger partial charge in [0.1, 0.15) is 6.61 Å². The first-order chi connectivity index (χ1) is 8.67. The van der Waals surface area contributed by atoms with Crippen LogP contribution in [0.1, 0.15) is 6.42 Å². The van der Waals surface area contributed by atoms with Gasteiger partial charge in [0.05, 0.1) is 6.61 Å². The highest BCUT2D eigenvalue weighted by atomic mass is 19.4. The van der Waals surface area contributed by atoms with Crippen molar-refractivity contribution in [2.75, 3.05) is 13.2 Å². The van der Waals surface area contributed by atoms with E-state index in [-0.39, 0.29) is 0 Å². The van der Waals surface area contributed by atoms with Crippen molar-refractivity contribution in [2.45, 2.75) is 30.4 Å². The van der Waals surface area contributed by atoms with Crippen LogP contribution in [0.3, 0.4) is 0 Å². The molecule has 1 N–H and O–H groups in total. The van der Waals surface area contributed by atoms with E-state index in [1.807, 2.05) is 0 Å². The highest BCUT2D eigenvalue weighted by molar-refractivity contribution is 5.67. The Kier molecular flexibility index (Phi) is 5.32. The van der Waals surface area contributed by atoms with Gasteiger partial charge in [-0.2, -0.15) is 39.5 Å². The molecule has 0 aliphatic heterocycles. The lowest BCUT2D eigenvalue weighted by Gasteiger charge is -2.33. The first-order valence-corrected chi connectivity index (χ1v) is 4.66. The summed E-state index contributed by atoms with van der Waals surface area (Å²) in [6.45, 7) is -2.64. The number of carboxylic acid groups (broad SMARTS) is 1. The van der Waals surface area contributed by atoms with Crippen molar-refractivity contribution in [3.05, 3.63) is 0 Å². The van der Waals surface area contributed by atoms with Gasteiger partial charge in [-0.05, 0) is 0 Å². The van der Waals surface area contributed by atoms with E-state index in [0.29, 0.717) is 0 Å². The van der Waals surface area contributed by atoms with Crippen molar-refractivity contribution in [3.8, 4) is 0 Å². The van der Waals surface area contributed by atoms with Gasteiger partial charge in [-0.3, -0.25) is 0 Å². The van der Waals surface area contributed by atoms with Crippen molar-refractivity contribution >= 4 is 5.97 Å². The Morgan fingerprint density at radius 3 is 1.70 bits per heavy atom. The van der Waals surface area contributed by atoms with Gasteiger partial charge in [0.15, 0.2) is 0 Å². The number of carboxylic acids is 1. The predicted molar refractivity (Wildman–Crippen MR) is 44.0 cm³/mol. The summed E-state index contributed by atoms with van der Waals surface area (Å²) in [4.78, 5) is 9.88. The molecular weight excluding hydrogens is 315 g/mol. The van der Waals surface area contributed by atoms with E-state index in [2.05, 4.69) is 4.74 Å². The summed E-state index contributed by atoms with van der Waals surface area (Å²) in [5.74, 6) is -21.1. The number of hydrogen-bond donors (Lipinski definition) is 1. The van der Waals surface area contributed by atoms with Crippen molar-refractivity contribution < 1.29 is 54.2 Å². The van der Waals surface area contributed by atoms with Gasteiger partial charge in [0.2, 0.25) is 0 Å². The molecule has 0 spiro atoms. The molecular formula is C8H7F9O3. The van der Waals surface area contributed by atoms with Crippen molar-refractivity contribution in [1.29, 1.82) is 0 Å². The van der Waals surface area contributed by atoms with Crippen LogP contribution in [-0.4, -0.2) is 48.2 Å². The molecule has 0 aliphatic carbocycles. The zero-order valence-electron chi connectivity index (χ0n) is 9.29. The van der Waals surface area contributed by atoms with E-state index in [4.69, 9.17) is 5.11 Å². The van der Waals surface area contributed by atoms with E-state index < -0.39 is 49.5 Å². The van der Waals surface area contributed by atoms with Crippen LogP contribution in [0.25, 0.3) is 0 Å². The first-order valence-electron chi connectivity index (χ1n) is 4.66. The molecule has 0 bridgehead atoms.